The largest absolute Gasteiger partial charge is 0.444 e. The number of alkyl halides is 2. The number of hydrogen-bond acceptors (Lipinski definition) is 5. The number of carbonyl (C=O) groups is 1. The van der Waals surface area contributed by atoms with Crippen molar-refractivity contribution in [2.24, 2.45) is 5.92 Å². The fraction of sp³-hybridized carbons (Fsp3) is 0.579. The minimum Gasteiger partial charge on any atom is -0.444 e. The van der Waals surface area contributed by atoms with Crippen LogP contribution in [0.15, 0.2) is 30.3 Å². The Kier molecular flexibility index (Phi) is 5.90. The van der Waals surface area contributed by atoms with E-state index in [2.05, 4.69) is 15.4 Å². The molecule has 0 bridgehead atoms. The normalized spacial score (nSPS) is 17.0. The molecular formula is C19H25F2N5O2. The Balaban J connectivity index is 1.76. The number of tetrazole rings is 1. The molecule has 1 atom stereocenters. The van der Waals surface area contributed by atoms with Crippen molar-refractivity contribution in [3.05, 3.63) is 41.7 Å². The van der Waals surface area contributed by atoms with Gasteiger partial charge in [-0.3, -0.25) is 0 Å². The predicted octanol–water partition coefficient (Wildman–Crippen LogP) is 3.85. The summed E-state index contributed by atoms with van der Waals surface area (Å²) in [6, 6.07) is 9.21. The van der Waals surface area contributed by atoms with Crippen LogP contribution in [0.4, 0.5) is 13.6 Å². The van der Waals surface area contributed by atoms with Gasteiger partial charge in [0.05, 0.1) is 0 Å². The van der Waals surface area contributed by atoms with Gasteiger partial charge in [-0.2, -0.15) is 4.80 Å². The van der Waals surface area contributed by atoms with Crippen molar-refractivity contribution in [3.63, 3.8) is 0 Å². The van der Waals surface area contributed by atoms with Crippen molar-refractivity contribution in [1.82, 2.24) is 25.1 Å². The lowest BCUT2D eigenvalue weighted by Gasteiger charge is -2.36. The summed E-state index contributed by atoms with van der Waals surface area (Å²) in [5.74, 6) is -0.493. The molecule has 1 amide bonds. The van der Waals surface area contributed by atoms with Gasteiger partial charge in [0.25, 0.3) is 0 Å². The average molecular weight is 393 g/mol. The molecule has 0 saturated carbocycles. The van der Waals surface area contributed by atoms with Crippen LogP contribution in [0.3, 0.4) is 0 Å². The Labute approximate surface area is 162 Å². The molecule has 1 fully saturated rings. The molecule has 1 aromatic heterocycles. The van der Waals surface area contributed by atoms with Crippen LogP contribution in [0.5, 0.6) is 0 Å². The SMILES string of the molecule is CC(C)(C)OC(=O)N1CCC([C@H](c2ccccc2)n2nnc(C(F)F)n2)CC1. The second-order valence-corrected chi connectivity index (χ2v) is 7.93. The molecule has 0 unspecified atom stereocenters. The monoisotopic (exact) mass is 393 g/mol. The highest BCUT2D eigenvalue weighted by atomic mass is 19.3. The van der Waals surface area contributed by atoms with Crippen LogP contribution >= 0.6 is 0 Å². The maximum Gasteiger partial charge on any atom is 0.410 e. The summed E-state index contributed by atoms with van der Waals surface area (Å²) in [5.41, 5.74) is 0.382. The molecule has 3 rings (SSSR count). The first kappa shape index (κ1) is 20.2. The van der Waals surface area contributed by atoms with Crippen LogP contribution in [0, 0.1) is 5.92 Å². The first-order valence-corrected chi connectivity index (χ1v) is 9.35. The Morgan fingerprint density at radius 2 is 1.82 bits per heavy atom. The van der Waals surface area contributed by atoms with E-state index in [1.54, 1.807) is 4.90 Å². The molecule has 9 heteroatoms. The lowest BCUT2D eigenvalue weighted by molar-refractivity contribution is 0.0164. The van der Waals surface area contributed by atoms with E-state index in [1.807, 2.05) is 51.1 Å². The molecule has 7 nitrogen and oxygen atoms in total. The van der Waals surface area contributed by atoms with E-state index >= 15 is 0 Å². The number of ether oxygens (including phenoxy) is 1. The highest BCUT2D eigenvalue weighted by Crippen LogP contribution is 2.33. The second kappa shape index (κ2) is 8.20. The highest BCUT2D eigenvalue weighted by molar-refractivity contribution is 5.68. The van der Waals surface area contributed by atoms with Crippen molar-refractivity contribution in [2.45, 2.75) is 51.7 Å². The molecule has 1 aliphatic rings. The maximum absolute atomic E-state index is 12.9. The third kappa shape index (κ3) is 4.82. The number of rotatable bonds is 4. The van der Waals surface area contributed by atoms with E-state index in [0.29, 0.717) is 25.9 Å². The zero-order valence-electron chi connectivity index (χ0n) is 16.3. The van der Waals surface area contributed by atoms with Gasteiger partial charge in [0, 0.05) is 13.1 Å². The van der Waals surface area contributed by atoms with E-state index in [4.69, 9.17) is 4.74 Å². The van der Waals surface area contributed by atoms with Crippen LogP contribution in [-0.4, -0.2) is 49.9 Å². The van der Waals surface area contributed by atoms with Gasteiger partial charge in [-0.1, -0.05) is 30.3 Å². The number of amides is 1. The molecule has 2 aromatic rings. The zero-order chi connectivity index (χ0) is 20.3. The molecule has 28 heavy (non-hydrogen) atoms. The lowest BCUT2D eigenvalue weighted by atomic mass is 9.86. The number of hydrogen-bond donors (Lipinski definition) is 0. The summed E-state index contributed by atoms with van der Waals surface area (Å²) in [4.78, 5) is 15.3. The standard InChI is InChI=1S/C19H25F2N5O2/c1-19(2,3)28-18(27)25-11-9-14(10-12-25)15(13-7-5-4-6-8-13)26-23-17(16(20)21)22-24-26/h4-8,14-16H,9-12H2,1-3H3/t15-/m0/s1. The number of likely N-dealkylation sites (tertiary alicyclic amines) is 1. The fourth-order valence-electron chi connectivity index (χ4n) is 3.41. The van der Waals surface area contributed by atoms with Gasteiger partial charge in [0.2, 0.25) is 5.82 Å². The molecule has 0 aliphatic carbocycles. The Hall–Kier alpha value is -2.58. The number of halogens is 2. The molecule has 0 radical (unpaired) electrons. The third-order valence-electron chi connectivity index (χ3n) is 4.67. The molecule has 152 valence electrons. The summed E-state index contributed by atoms with van der Waals surface area (Å²) < 4.78 is 31.3. The summed E-state index contributed by atoms with van der Waals surface area (Å²) in [5, 5.41) is 11.3. The third-order valence-corrected chi connectivity index (χ3v) is 4.67. The van der Waals surface area contributed by atoms with Crippen molar-refractivity contribution >= 4 is 6.09 Å². The number of piperidine rings is 1. The van der Waals surface area contributed by atoms with E-state index in [0.717, 1.165) is 5.56 Å². The van der Waals surface area contributed by atoms with Crippen molar-refractivity contribution in [1.29, 1.82) is 0 Å². The molecule has 1 aliphatic heterocycles. The number of benzene rings is 1. The molecule has 1 saturated heterocycles. The molecule has 1 aromatic carbocycles. The number of carbonyl (C=O) groups excluding carboxylic acids is 1. The van der Waals surface area contributed by atoms with E-state index in [-0.39, 0.29) is 18.1 Å². The Morgan fingerprint density at radius 3 is 2.36 bits per heavy atom. The summed E-state index contributed by atoms with van der Waals surface area (Å²) in [7, 11) is 0. The molecule has 0 spiro atoms. The molecule has 2 heterocycles. The van der Waals surface area contributed by atoms with Crippen LogP contribution in [0.25, 0.3) is 0 Å². The van der Waals surface area contributed by atoms with Crippen molar-refractivity contribution in [2.75, 3.05) is 13.1 Å². The Morgan fingerprint density at radius 1 is 1.18 bits per heavy atom. The van der Waals surface area contributed by atoms with Gasteiger partial charge in [0.15, 0.2) is 0 Å². The summed E-state index contributed by atoms with van der Waals surface area (Å²) >= 11 is 0. The summed E-state index contributed by atoms with van der Waals surface area (Å²) in [6.07, 6.45) is -1.73. The van der Waals surface area contributed by atoms with Crippen LogP contribution in [-0.2, 0) is 4.74 Å². The number of nitrogens with zero attached hydrogens (tertiary/aromatic N) is 5. The van der Waals surface area contributed by atoms with Gasteiger partial charge in [-0.15, -0.1) is 10.2 Å². The number of aromatic nitrogens is 4. The second-order valence-electron chi connectivity index (χ2n) is 7.93. The average Bonchev–Trinajstić information content (AvgIpc) is 3.12. The maximum atomic E-state index is 12.9. The van der Waals surface area contributed by atoms with Crippen LogP contribution in [0.1, 0.15) is 57.5 Å². The Bertz CT molecular complexity index is 783. The van der Waals surface area contributed by atoms with E-state index in [1.165, 1.54) is 4.80 Å². The smallest absolute Gasteiger partial charge is 0.410 e. The topological polar surface area (TPSA) is 73.1 Å². The fourth-order valence-corrected chi connectivity index (χ4v) is 3.41. The van der Waals surface area contributed by atoms with Gasteiger partial charge >= 0.3 is 12.5 Å². The quantitative estimate of drug-likeness (QED) is 0.789. The van der Waals surface area contributed by atoms with Gasteiger partial charge < -0.3 is 9.64 Å². The van der Waals surface area contributed by atoms with Gasteiger partial charge in [-0.05, 0) is 50.3 Å². The molecular weight excluding hydrogens is 368 g/mol. The first-order chi connectivity index (χ1) is 13.2. The lowest BCUT2D eigenvalue weighted by Crippen LogP contribution is -2.43. The van der Waals surface area contributed by atoms with Crippen molar-refractivity contribution < 1.29 is 18.3 Å². The van der Waals surface area contributed by atoms with Crippen LogP contribution in [0.2, 0.25) is 0 Å². The zero-order valence-corrected chi connectivity index (χ0v) is 16.3. The molecule has 0 N–H and O–H groups in total. The van der Waals surface area contributed by atoms with Gasteiger partial charge in [0.1, 0.15) is 11.6 Å². The highest BCUT2D eigenvalue weighted by Gasteiger charge is 2.34. The van der Waals surface area contributed by atoms with E-state index < -0.39 is 17.9 Å². The van der Waals surface area contributed by atoms with Crippen LogP contribution < -0.4 is 0 Å². The predicted molar refractivity (Wildman–Crippen MR) is 97.9 cm³/mol. The minimum absolute atomic E-state index is 0.0841. The van der Waals surface area contributed by atoms with E-state index in [9.17, 15) is 13.6 Å². The van der Waals surface area contributed by atoms with Crippen molar-refractivity contribution in [3.8, 4) is 0 Å². The summed E-state index contributed by atoms with van der Waals surface area (Å²) in [6.45, 7) is 6.55. The minimum atomic E-state index is -2.76. The first-order valence-electron chi connectivity index (χ1n) is 9.35. The van der Waals surface area contributed by atoms with Gasteiger partial charge in [-0.25, -0.2) is 13.6 Å².